The van der Waals surface area contributed by atoms with Crippen molar-refractivity contribution < 1.29 is 26.7 Å². The Hall–Kier alpha value is -3.02. The van der Waals surface area contributed by atoms with E-state index in [0.717, 1.165) is 12.1 Å². The van der Waals surface area contributed by atoms with E-state index in [1.807, 2.05) is 0 Å². The van der Waals surface area contributed by atoms with Crippen molar-refractivity contribution in [1.82, 2.24) is 19.8 Å². The number of carbonyl (C=O) groups excluding carboxylic acids is 1. The third kappa shape index (κ3) is 6.02. The number of benzene rings is 2. The highest BCUT2D eigenvalue weighted by molar-refractivity contribution is 7.89. The highest BCUT2D eigenvalue weighted by atomic mass is 35.5. The third-order valence-corrected chi connectivity index (χ3v) is 6.01. The van der Waals surface area contributed by atoms with Crippen molar-refractivity contribution in [3.63, 3.8) is 0 Å². The zero-order chi connectivity index (χ0) is 23.3. The fourth-order valence-electron chi connectivity index (χ4n) is 2.71. The number of alkyl halides is 1. The molecule has 2 N–H and O–H groups in total. The van der Waals surface area contributed by atoms with Gasteiger partial charge in [-0.1, -0.05) is 41.9 Å². The Bertz CT molecular complexity index is 1190. The summed E-state index contributed by atoms with van der Waals surface area (Å²) in [5.41, 5.74) is 0.527. The van der Waals surface area contributed by atoms with Gasteiger partial charge in [0.2, 0.25) is 10.0 Å². The van der Waals surface area contributed by atoms with Gasteiger partial charge >= 0.3 is 6.36 Å². The summed E-state index contributed by atoms with van der Waals surface area (Å²) in [6.07, 6.45) is 0.0151. The number of rotatable bonds is 9. The lowest BCUT2D eigenvalue weighted by Gasteiger charge is -2.21. The van der Waals surface area contributed by atoms with Crippen LogP contribution in [-0.2, 0) is 21.9 Å². The predicted molar refractivity (Wildman–Crippen MR) is 113 cm³/mol. The number of halogens is 3. The molecule has 0 radical (unpaired) electrons. The van der Waals surface area contributed by atoms with E-state index in [4.69, 9.17) is 16.3 Å². The van der Waals surface area contributed by atoms with Crippen molar-refractivity contribution in [3.8, 4) is 5.75 Å². The average Bonchev–Trinajstić information content (AvgIpc) is 3.21. The first kappa shape index (κ1) is 23.6. The Morgan fingerprint density at radius 3 is 2.59 bits per heavy atom. The molecule has 0 aliphatic carbocycles. The Morgan fingerprint density at radius 1 is 1.25 bits per heavy atom. The minimum Gasteiger partial charge on any atom is -0.452 e. The minimum absolute atomic E-state index is 0.0606. The van der Waals surface area contributed by atoms with E-state index in [9.17, 15) is 22.0 Å². The fourth-order valence-corrected chi connectivity index (χ4v) is 3.86. The van der Waals surface area contributed by atoms with E-state index in [1.165, 1.54) is 23.1 Å². The first-order valence-electron chi connectivity index (χ1n) is 9.25. The number of sulfonamides is 1. The van der Waals surface area contributed by atoms with Gasteiger partial charge in [-0.3, -0.25) is 9.48 Å². The molecule has 0 saturated heterocycles. The molecule has 12 heteroatoms. The van der Waals surface area contributed by atoms with Gasteiger partial charge in [-0.25, -0.2) is 17.5 Å². The minimum atomic E-state index is -3.92. The second kappa shape index (κ2) is 10.1. The number of carbonyl (C=O) groups is 1. The largest absolute Gasteiger partial charge is 0.452 e. The van der Waals surface area contributed by atoms with E-state index in [0.29, 0.717) is 5.56 Å². The lowest BCUT2D eigenvalue weighted by Crippen LogP contribution is -2.42. The van der Waals surface area contributed by atoms with Gasteiger partial charge in [0.05, 0.1) is 17.3 Å². The third-order valence-electron chi connectivity index (χ3n) is 4.32. The molecular formula is C20H19ClF2N4O4S. The molecule has 0 saturated carbocycles. The van der Waals surface area contributed by atoms with Crippen LogP contribution in [0.2, 0.25) is 5.02 Å². The monoisotopic (exact) mass is 484 g/mol. The summed E-state index contributed by atoms with van der Waals surface area (Å²) in [7, 11) is -2.35. The molecule has 3 aromatic rings. The summed E-state index contributed by atoms with van der Waals surface area (Å²) in [5, 5.41) is 6.04. The molecular weight excluding hydrogens is 466 g/mol. The maximum absolute atomic E-state index is 14.4. The van der Waals surface area contributed by atoms with Crippen LogP contribution in [0.4, 0.5) is 8.78 Å². The molecule has 2 atom stereocenters. The Balaban J connectivity index is 1.71. The first-order valence-corrected chi connectivity index (χ1v) is 11.1. The van der Waals surface area contributed by atoms with Gasteiger partial charge < -0.3 is 10.1 Å². The summed E-state index contributed by atoms with van der Waals surface area (Å²) in [6, 6.07) is 10.7. The van der Waals surface area contributed by atoms with Crippen molar-refractivity contribution in [2.24, 2.45) is 7.05 Å². The smallest absolute Gasteiger partial charge is 0.316 e. The summed E-state index contributed by atoms with van der Waals surface area (Å²) >= 11 is 5.57. The van der Waals surface area contributed by atoms with Gasteiger partial charge in [-0.05, 0) is 17.7 Å². The van der Waals surface area contributed by atoms with Crippen LogP contribution < -0.4 is 14.8 Å². The van der Waals surface area contributed by atoms with E-state index in [1.54, 1.807) is 37.4 Å². The molecule has 170 valence electrons. The van der Waals surface area contributed by atoms with Crippen molar-refractivity contribution in [3.05, 3.63) is 77.3 Å². The highest BCUT2D eigenvalue weighted by Crippen LogP contribution is 2.22. The van der Waals surface area contributed by atoms with Crippen LogP contribution in [0.15, 0.2) is 65.8 Å². The van der Waals surface area contributed by atoms with Crippen LogP contribution in [0.1, 0.15) is 11.6 Å². The summed E-state index contributed by atoms with van der Waals surface area (Å²) in [6.45, 7) is -0.269. The second-order valence-corrected chi connectivity index (χ2v) is 8.86. The zero-order valence-corrected chi connectivity index (χ0v) is 18.3. The molecule has 0 spiro atoms. The quantitative estimate of drug-likeness (QED) is 0.486. The van der Waals surface area contributed by atoms with Crippen LogP contribution in [0.5, 0.6) is 5.75 Å². The summed E-state index contributed by atoms with van der Waals surface area (Å²) in [4.78, 5) is 12.3. The second-order valence-electron chi connectivity index (χ2n) is 6.68. The maximum Gasteiger partial charge on any atom is 0.316 e. The number of aryl methyl sites for hydroxylation is 1. The van der Waals surface area contributed by atoms with Crippen molar-refractivity contribution in [2.45, 2.75) is 17.3 Å². The van der Waals surface area contributed by atoms with Gasteiger partial charge in [0.1, 0.15) is 16.5 Å². The van der Waals surface area contributed by atoms with Gasteiger partial charge in [-0.2, -0.15) is 9.49 Å². The van der Waals surface area contributed by atoms with Crippen molar-refractivity contribution in [2.75, 3.05) is 6.54 Å². The maximum atomic E-state index is 14.4. The average molecular weight is 485 g/mol. The molecule has 2 unspecified atom stereocenters. The number of aromatic nitrogens is 2. The molecule has 1 heterocycles. The molecule has 0 aliphatic rings. The van der Waals surface area contributed by atoms with Gasteiger partial charge in [0.15, 0.2) is 0 Å². The predicted octanol–water partition coefficient (Wildman–Crippen LogP) is 2.72. The first-order chi connectivity index (χ1) is 15.2. The number of hydrogen-bond donors (Lipinski definition) is 2. The zero-order valence-electron chi connectivity index (χ0n) is 16.7. The van der Waals surface area contributed by atoms with Crippen LogP contribution in [0, 0.1) is 5.82 Å². The molecule has 8 nitrogen and oxygen atoms in total. The molecule has 0 bridgehead atoms. The Kier molecular flexibility index (Phi) is 7.44. The SMILES string of the molecule is Cn1cc(S(=O)(=O)NCC(NC(=O)C(F)Oc2ccc(Cl)c(F)c2)c2ccccc2)cn1. The highest BCUT2D eigenvalue weighted by Gasteiger charge is 2.25. The summed E-state index contributed by atoms with van der Waals surface area (Å²) < 4.78 is 61.4. The molecule has 0 fully saturated rings. The number of nitrogens with zero attached hydrogens (tertiary/aromatic N) is 2. The normalized spacial score (nSPS) is 13.4. The van der Waals surface area contributed by atoms with Crippen molar-refractivity contribution in [1.29, 1.82) is 0 Å². The Morgan fingerprint density at radius 2 is 1.97 bits per heavy atom. The van der Waals surface area contributed by atoms with E-state index in [-0.39, 0.29) is 22.2 Å². The lowest BCUT2D eigenvalue weighted by atomic mass is 10.1. The van der Waals surface area contributed by atoms with Gasteiger partial charge in [0.25, 0.3) is 5.91 Å². The summed E-state index contributed by atoms with van der Waals surface area (Å²) in [5.74, 6) is -2.23. The van der Waals surface area contributed by atoms with E-state index in [2.05, 4.69) is 15.1 Å². The standard InChI is InChI=1S/C20H19ClF2N4O4S/c1-27-12-15(10-24-27)32(29,30)25-11-18(13-5-3-2-4-6-13)26-20(28)19(23)31-14-7-8-16(21)17(22)9-14/h2-10,12,18-19,25H,11H2,1H3,(H,26,28). The molecule has 32 heavy (non-hydrogen) atoms. The number of hydrogen-bond acceptors (Lipinski definition) is 5. The van der Waals surface area contributed by atoms with Crippen LogP contribution in [0.3, 0.4) is 0 Å². The van der Waals surface area contributed by atoms with Crippen LogP contribution in [0.25, 0.3) is 0 Å². The molecule has 1 amide bonds. The topological polar surface area (TPSA) is 102 Å². The van der Waals surface area contributed by atoms with Gasteiger partial charge in [0, 0.05) is 25.9 Å². The molecule has 3 rings (SSSR count). The van der Waals surface area contributed by atoms with Crippen LogP contribution >= 0.6 is 11.6 Å². The Labute approximate surface area is 188 Å². The molecule has 1 aromatic heterocycles. The van der Waals surface area contributed by atoms with Gasteiger partial charge in [-0.15, -0.1) is 0 Å². The van der Waals surface area contributed by atoms with E-state index >= 15 is 0 Å². The number of amides is 1. The number of ether oxygens (including phenoxy) is 1. The fraction of sp³-hybridized carbons (Fsp3) is 0.200. The van der Waals surface area contributed by atoms with Crippen molar-refractivity contribution >= 4 is 27.5 Å². The molecule has 0 aliphatic heterocycles. The molecule has 2 aromatic carbocycles. The van der Waals surface area contributed by atoms with Crippen LogP contribution in [-0.4, -0.2) is 37.0 Å². The van der Waals surface area contributed by atoms with E-state index < -0.39 is 34.1 Å². The number of nitrogens with one attached hydrogen (secondary N) is 2. The lowest BCUT2D eigenvalue weighted by molar-refractivity contribution is -0.136.